The molecule has 7 heteroatoms. The monoisotopic (exact) mass is 302 g/mol. The number of nitrogens with one attached hydrogen (secondary N) is 3. The maximum atomic E-state index is 12.4. The van der Waals surface area contributed by atoms with Gasteiger partial charge in [-0.05, 0) is 19.8 Å². The summed E-state index contributed by atoms with van der Waals surface area (Å²) in [5.74, 6) is 2.12. The number of imidazole rings is 1. The fourth-order valence-electron chi connectivity index (χ4n) is 2.82. The van der Waals surface area contributed by atoms with Gasteiger partial charge in [0.25, 0.3) is 0 Å². The van der Waals surface area contributed by atoms with Crippen molar-refractivity contribution in [3.8, 4) is 0 Å². The molecule has 0 spiro atoms. The molecule has 0 aromatic carbocycles. The van der Waals surface area contributed by atoms with Gasteiger partial charge in [0.15, 0.2) is 0 Å². The highest BCUT2D eigenvalue weighted by Crippen LogP contribution is 2.26. The minimum absolute atomic E-state index is 0.0154. The number of aromatic nitrogens is 5. The van der Waals surface area contributed by atoms with E-state index in [0.29, 0.717) is 11.7 Å². The second-order valence-corrected chi connectivity index (χ2v) is 6.24. The number of nitrogens with zero attached hydrogens (tertiary/aromatic N) is 3. The first-order valence-electron chi connectivity index (χ1n) is 7.78. The molecule has 2 atom stereocenters. The molecular weight excluding hydrogens is 280 g/mol. The van der Waals surface area contributed by atoms with Gasteiger partial charge in [0.1, 0.15) is 18.0 Å². The number of fused-ring (bicyclic) bond motifs is 1. The summed E-state index contributed by atoms with van der Waals surface area (Å²) in [6.45, 7) is 6.14. The van der Waals surface area contributed by atoms with Crippen molar-refractivity contribution in [3.05, 3.63) is 29.4 Å². The molecule has 0 saturated carbocycles. The van der Waals surface area contributed by atoms with Crippen LogP contribution in [0.1, 0.15) is 62.2 Å². The van der Waals surface area contributed by atoms with E-state index in [1.54, 1.807) is 0 Å². The molecule has 2 aromatic heterocycles. The quantitative estimate of drug-likeness (QED) is 0.799. The molecular formula is C15H22N6O. The first-order valence-corrected chi connectivity index (χ1v) is 7.78. The Hall–Kier alpha value is -2.18. The van der Waals surface area contributed by atoms with Gasteiger partial charge in [-0.3, -0.25) is 9.89 Å². The number of carbonyl (C=O) groups is 1. The number of hydrogen-bond donors (Lipinski definition) is 3. The largest absolute Gasteiger partial charge is 0.346 e. The smallest absolute Gasteiger partial charge is 0.224 e. The normalized spacial score (nSPS) is 19.0. The number of H-pyrrole nitrogens is 2. The first-order chi connectivity index (χ1) is 10.5. The zero-order chi connectivity index (χ0) is 15.7. The lowest BCUT2D eigenvalue weighted by molar-refractivity contribution is -0.126. The van der Waals surface area contributed by atoms with E-state index < -0.39 is 0 Å². The number of amides is 1. The van der Waals surface area contributed by atoms with Crippen molar-refractivity contribution < 1.29 is 4.79 Å². The molecule has 7 nitrogen and oxygen atoms in total. The Morgan fingerprint density at radius 1 is 1.36 bits per heavy atom. The molecule has 118 valence electrons. The molecule has 0 bridgehead atoms. The van der Waals surface area contributed by atoms with Gasteiger partial charge in [-0.2, -0.15) is 5.10 Å². The standard InChI is InChI=1S/C15H22N6O/c1-8(2)13-19-11-5-4-10(6-12(11)20-13)15(22)18-9(3)14-16-7-17-21-14/h7-10H,4-6H2,1-3H3,(H,18,22)(H,19,20)(H,16,17,21)/t9-,10-/m1/s1. The van der Waals surface area contributed by atoms with Crippen LogP contribution in [0.2, 0.25) is 0 Å². The third-order valence-electron chi connectivity index (χ3n) is 4.18. The molecule has 0 radical (unpaired) electrons. The molecule has 1 aliphatic carbocycles. The van der Waals surface area contributed by atoms with E-state index >= 15 is 0 Å². The lowest BCUT2D eigenvalue weighted by atomic mass is 9.89. The average molecular weight is 302 g/mol. The average Bonchev–Trinajstić information content (AvgIpc) is 3.15. The third-order valence-corrected chi connectivity index (χ3v) is 4.18. The Morgan fingerprint density at radius 2 is 2.18 bits per heavy atom. The van der Waals surface area contributed by atoms with Crippen LogP contribution in [0.4, 0.5) is 0 Å². The first kappa shape index (κ1) is 14.7. The van der Waals surface area contributed by atoms with Crippen LogP contribution < -0.4 is 5.32 Å². The van der Waals surface area contributed by atoms with Gasteiger partial charge in [0.2, 0.25) is 5.91 Å². The summed E-state index contributed by atoms with van der Waals surface area (Å²) in [6, 6.07) is -0.163. The molecule has 0 unspecified atom stereocenters. The van der Waals surface area contributed by atoms with E-state index in [1.165, 1.54) is 6.33 Å². The highest BCUT2D eigenvalue weighted by Gasteiger charge is 2.28. The molecule has 3 N–H and O–H groups in total. The summed E-state index contributed by atoms with van der Waals surface area (Å²) >= 11 is 0. The zero-order valence-corrected chi connectivity index (χ0v) is 13.2. The fourth-order valence-corrected chi connectivity index (χ4v) is 2.82. The number of hydrogen-bond acceptors (Lipinski definition) is 4. The Bertz CT molecular complexity index is 645. The van der Waals surface area contributed by atoms with Crippen molar-refractivity contribution in [1.29, 1.82) is 0 Å². The Kier molecular flexibility index (Phi) is 3.96. The summed E-state index contributed by atoms with van der Waals surface area (Å²) < 4.78 is 0. The van der Waals surface area contributed by atoms with E-state index in [9.17, 15) is 4.79 Å². The summed E-state index contributed by atoms with van der Waals surface area (Å²) in [5, 5.41) is 9.60. The molecule has 0 fully saturated rings. The van der Waals surface area contributed by atoms with Crippen molar-refractivity contribution in [2.24, 2.45) is 5.92 Å². The van der Waals surface area contributed by atoms with Gasteiger partial charge in [-0.1, -0.05) is 13.8 Å². The lowest BCUT2D eigenvalue weighted by Crippen LogP contribution is -2.36. The van der Waals surface area contributed by atoms with Crippen LogP contribution in [0.15, 0.2) is 6.33 Å². The maximum Gasteiger partial charge on any atom is 0.224 e. The van der Waals surface area contributed by atoms with Gasteiger partial charge in [0.05, 0.1) is 11.7 Å². The minimum atomic E-state index is -0.163. The number of rotatable bonds is 4. The predicted octanol–water partition coefficient (Wildman–Crippen LogP) is 1.63. The van der Waals surface area contributed by atoms with Crippen molar-refractivity contribution >= 4 is 5.91 Å². The van der Waals surface area contributed by atoms with Gasteiger partial charge in [-0.15, -0.1) is 0 Å². The van der Waals surface area contributed by atoms with Gasteiger partial charge >= 0.3 is 0 Å². The van der Waals surface area contributed by atoms with Crippen LogP contribution in [0.5, 0.6) is 0 Å². The highest BCUT2D eigenvalue weighted by atomic mass is 16.1. The number of aryl methyl sites for hydroxylation is 1. The van der Waals surface area contributed by atoms with Gasteiger partial charge in [0, 0.05) is 24.0 Å². The molecule has 22 heavy (non-hydrogen) atoms. The van der Waals surface area contributed by atoms with Crippen molar-refractivity contribution in [2.45, 2.75) is 52.0 Å². The Balaban J connectivity index is 1.65. The van der Waals surface area contributed by atoms with Crippen molar-refractivity contribution in [1.82, 2.24) is 30.5 Å². The maximum absolute atomic E-state index is 12.4. The molecule has 3 rings (SSSR count). The lowest BCUT2D eigenvalue weighted by Gasteiger charge is -2.22. The Morgan fingerprint density at radius 3 is 2.86 bits per heavy atom. The number of aromatic amines is 2. The van der Waals surface area contributed by atoms with Crippen LogP contribution in [-0.4, -0.2) is 31.1 Å². The molecule has 0 saturated heterocycles. The summed E-state index contributed by atoms with van der Waals surface area (Å²) in [4.78, 5) is 24.5. The second kappa shape index (κ2) is 5.90. The molecule has 2 heterocycles. The van der Waals surface area contributed by atoms with E-state index in [4.69, 9.17) is 0 Å². The third kappa shape index (κ3) is 2.88. The predicted molar refractivity (Wildman–Crippen MR) is 81.1 cm³/mol. The van der Waals surface area contributed by atoms with Crippen LogP contribution in [0, 0.1) is 5.92 Å². The highest BCUT2D eigenvalue weighted by molar-refractivity contribution is 5.79. The topological polar surface area (TPSA) is 99.3 Å². The van der Waals surface area contributed by atoms with Crippen LogP contribution >= 0.6 is 0 Å². The van der Waals surface area contributed by atoms with Crippen molar-refractivity contribution in [3.63, 3.8) is 0 Å². The molecule has 1 amide bonds. The Labute approximate surface area is 129 Å². The van der Waals surface area contributed by atoms with Crippen molar-refractivity contribution in [2.75, 3.05) is 0 Å². The van der Waals surface area contributed by atoms with E-state index in [1.807, 2.05) is 6.92 Å². The van der Waals surface area contributed by atoms with Crippen LogP contribution in [0.25, 0.3) is 0 Å². The molecule has 1 aliphatic rings. The summed E-state index contributed by atoms with van der Waals surface area (Å²) in [5.41, 5.74) is 2.23. The van der Waals surface area contributed by atoms with Crippen LogP contribution in [-0.2, 0) is 17.6 Å². The van der Waals surface area contributed by atoms with Crippen LogP contribution in [0.3, 0.4) is 0 Å². The minimum Gasteiger partial charge on any atom is -0.346 e. The van der Waals surface area contributed by atoms with E-state index in [-0.39, 0.29) is 17.9 Å². The van der Waals surface area contributed by atoms with E-state index in [0.717, 1.165) is 36.5 Å². The van der Waals surface area contributed by atoms with Gasteiger partial charge in [-0.25, -0.2) is 9.97 Å². The SMILES string of the molecule is CC(C)c1nc2c([nH]1)C[C@H](C(=O)N[C@H](C)c1ncn[nH]1)CC2. The molecule has 2 aromatic rings. The van der Waals surface area contributed by atoms with Gasteiger partial charge < -0.3 is 10.3 Å². The number of carbonyl (C=O) groups excluding carboxylic acids is 1. The summed E-state index contributed by atoms with van der Waals surface area (Å²) in [6.07, 6.45) is 3.87. The molecule has 0 aliphatic heterocycles. The van der Waals surface area contributed by atoms with E-state index in [2.05, 4.69) is 44.3 Å². The zero-order valence-electron chi connectivity index (χ0n) is 13.2. The summed E-state index contributed by atoms with van der Waals surface area (Å²) in [7, 11) is 0. The fraction of sp³-hybridized carbons (Fsp3) is 0.600. The second-order valence-electron chi connectivity index (χ2n) is 6.24.